The quantitative estimate of drug-likeness (QED) is 0.633. The van der Waals surface area contributed by atoms with Gasteiger partial charge in [-0.15, -0.1) is 0 Å². The molecule has 0 fully saturated rings. The normalized spacial score (nSPS) is 12.2. The van der Waals surface area contributed by atoms with Gasteiger partial charge >= 0.3 is 0 Å². The molecule has 100 valence electrons. The Morgan fingerprint density at radius 2 is 1.94 bits per heavy atom. The second-order valence-electron chi connectivity index (χ2n) is 4.37. The minimum atomic E-state index is -0.162. The molecule has 1 aromatic heterocycles. The Kier molecular flexibility index (Phi) is 6.44. The Labute approximate surface area is 118 Å². The van der Waals surface area contributed by atoms with Crippen LogP contribution in [0, 0.1) is 0 Å². The number of unbranched alkanes of at least 4 members (excludes halogenated alkanes) is 2. The number of hydrogen-bond donors (Lipinski definition) is 1. The van der Waals surface area contributed by atoms with E-state index >= 15 is 0 Å². The summed E-state index contributed by atoms with van der Waals surface area (Å²) in [4.78, 5) is 15.7. The maximum atomic E-state index is 11.9. The van der Waals surface area contributed by atoms with Crippen LogP contribution in [0.25, 0.3) is 0 Å². The van der Waals surface area contributed by atoms with E-state index in [1.54, 1.807) is 0 Å². The molecule has 0 aliphatic rings. The average molecular weight is 289 g/mol. The Bertz CT molecular complexity index is 390. The monoisotopic (exact) mass is 288 g/mol. The van der Waals surface area contributed by atoms with Gasteiger partial charge in [0.2, 0.25) is 0 Å². The van der Waals surface area contributed by atoms with Gasteiger partial charge in [-0.25, -0.2) is 4.98 Å². The molecule has 0 bridgehead atoms. The van der Waals surface area contributed by atoms with Gasteiger partial charge in [-0.3, -0.25) is 4.79 Å². The third-order valence-electron chi connectivity index (χ3n) is 2.64. The van der Waals surface area contributed by atoms with Crippen LogP contribution in [0.3, 0.4) is 0 Å². The van der Waals surface area contributed by atoms with Crippen LogP contribution in [-0.4, -0.2) is 16.9 Å². The third kappa shape index (κ3) is 5.23. The molecular weight excluding hydrogens is 271 g/mol. The van der Waals surface area contributed by atoms with E-state index in [1.165, 1.54) is 25.0 Å². The average Bonchev–Trinajstić information content (AvgIpc) is 2.28. The van der Waals surface area contributed by atoms with Gasteiger partial charge in [0, 0.05) is 11.6 Å². The highest BCUT2D eigenvalue weighted by atomic mass is 35.5. The highest BCUT2D eigenvalue weighted by molar-refractivity contribution is 6.33. The maximum absolute atomic E-state index is 11.9. The lowest BCUT2D eigenvalue weighted by molar-refractivity contribution is 0.0938. The molecule has 0 spiro atoms. The lowest BCUT2D eigenvalue weighted by atomic mass is 10.1. The molecule has 1 heterocycles. The molecule has 0 radical (unpaired) electrons. The minimum Gasteiger partial charge on any atom is -0.350 e. The molecule has 0 saturated carbocycles. The largest absolute Gasteiger partial charge is 0.350 e. The van der Waals surface area contributed by atoms with Crippen LogP contribution >= 0.6 is 23.2 Å². The number of nitrogens with one attached hydrogen (secondary N) is 1. The number of hydrogen-bond acceptors (Lipinski definition) is 2. The minimum absolute atomic E-state index is 0.148. The van der Waals surface area contributed by atoms with Crippen molar-refractivity contribution in [2.24, 2.45) is 0 Å². The van der Waals surface area contributed by atoms with Crippen LogP contribution in [0.15, 0.2) is 12.1 Å². The number of aromatic nitrogens is 1. The van der Waals surface area contributed by atoms with Gasteiger partial charge < -0.3 is 5.32 Å². The summed E-state index contributed by atoms with van der Waals surface area (Å²) in [5, 5.41) is 3.38. The van der Waals surface area contributed by atoms with E-state index in [0.717, 1.165) is 12.8 Å². The highest BCUT2D eigenvalue weighted by Gasteiger charge is 2.11. The van der Waals surface area contributed by atoms with Gasteiger partial charge in [-0.2, -0.15) is 0 Å². The molecule has 18 heavy (non-hydrogen) atoms. The van der Waals surface area contributed by atoms with Crippen molar-refractivity contribution in [1.29, 1.82) is 0 Å². The number of amides is 1. The van der Waals surface area contributed by atoms with Crippen LogP contribution in [0.2, 0.25) is 10.3 Å². The molecule has 1 unspecified atom stereocenters. The molecule has 3 nitrogen and oxygen atoms in total. The first-order valence-corrected chi connectivity index (χ1v) is 6.92. The van der Waals surface area contributed by atoms with Crippen molar-refractivity contribution in [3.8, 4) is 0 Å². The Morgan fingerprint density at radius 3 is 2.50 bits per heavy atom. The molecule has 1 amide bonds. The summed E-state index contributed by atoms with van der Waals surface area (Å²) in [5.41, 5.74) is 0.447. The summed E-state index contributed by atoms with van der Waals surface area (Å²) in [6, 6.07) is 3.18. The zero-order valence-electron chi connectivity index (χ0n) is 10.7. The summed E-state index contributed by atoms with van der Waals surface area (Å²) >= 11 is 11.5. The SMILES string of the molecule is CCCCCC(C)NC(=O)c1cc(Cl)nc(Cl)c1. The van der Waals surface area contributed by atoms with Crippen LogP contribution in [0.5, 0.6) is 0 Å². The van der Waals surface area contributed by atoms with E-state index < -0.39 is 0 Å². The predicted octanol–water partition coefficient (Wildman–Crippen LogP) is 4.09. The fraction of sp³-hybridized carbons (Fsp3) is 0.538. The molecule has 1 N–H and O–H groups in total. The van der Waals surface area contributed by atoms with Gasteiger partial charge in [0.1, 0.15) is 10.3 Å². The zero-order chi connectivity index (χ0) is 13.5. The van der Waals surface area contributed by atoms with E-state index in [1.807, 2.05) is 6.92 Å². The van der Waals surface area contributed by atoms with E-state index in [9.17, 15) is 4.79 Å². The van der Waals surface area contributed by atoms with Crippen molar-refractivity contribution in [1.82, 2.24) is 10.3 Å². The Hall–Kier alpha value is -0.800. The van der Waals surface area contributed by atoms with Crippen molar-refractivity contribution in [2.45, 2.75) is 45.6 Å². The molecule has 5 heteroatoms. The maximum Gasteiger partial charge on any atom is 0.251 e. The molecule has 0 aliphatic heterocycles. The topological polar surface area (TPSA) is 42.0 Å². The number of halogens is 2. The molecule has 0 aromatic carbocycles. The van der Waals surface area contributed by atoms with Crippen molar-refractivity contribution in [3.63, 3.8) is 0 Å². The second kappa shape index (κ2) is 7.59. The van der Waals surface area contributed by atoms with E-state index in [4.69, 9.17) is 23.2 Å². The van der Waals surface area contributed by atoms with Crippen LogP contribution in [0.1, 0.15) is 49.9 Å². The lowest BCUT2D eigenvalue weighted by Crippen LogP contribution is -2.32. The molecule has 0 saturated heterocycles. The smallest absolute Gasteiger partial charge is 0.251 e. The molecule has 1 aromatic rings. The second-order valence-corrected chi connectivity index (χ2v) is 5.15. The van der Waals surface area contributed by atoms with Crippen molar-refractivity contribution >= 4 is 29.1 Å². The first-order chi connectivity index (χ1) is 8.52. The van der Waals surface area contributed by atoms with Crippen LogP contribution < -0.4 is 5.32 Å². The third-order valence-corrected chi connectivity index (χ3v) is 3.03. The molecule has 0 aliphatic carbocycles. The Morgan fingerprint density at radius 1 is 1.33 bits per heavy atom. The van der Waals surface area contributed by atoms with Crippen molar-refractivity contribution < 1.29 is 4.79 Å². The summed E-state index contributed by atoms with van der Waals surface area (Å²) in [5.74, 6) is -0.162. The number of nitrogens with zero attached hydrogens (tertiary/aromatic N) is 1. The molecule has 1 rings (SSSR count). The van der Waals surface area contributed by atoms with Gasteiger partial charge in [-0.1, -0.05) is 49.4 Å². The lowest BCUT2D eigenvalue weighted by Gasteiger charge is -2.13. The van der Waals surface area contributed by atoms with E-state index in [-0.39, 0.29) is 22.3 Å². The molecule has 1 atom stereocenters. The Balaban J connectivity index is 2.54. The summed E-state index contributed by atoms with van der Waals surface area (Å²) < 4.78 is 0. The first kappa shape index (κ1) is 15.3. The standard InChI is InChI=1S/C13H18Cl2N2O/c1-3-4-5-6-9(2)16-13(18)10-7-11(14)17-12(15)8-10/h7-9H,3-6H2,1-2H3,(H,16,18). The van der Waals surface area contributed by atoms with Gasteiger partial charge in [0.15, 0.2) is 0 Å². The summed E-state index contributed by atoms with van der Waals surface area (Å²) in [7, 11) is 0. The summed E-state index contributed by atoms with van der Waals surface area (Å²) in [6.45, 7) is 4.15. The first-order valence-electron chi connectivity index (χ1n) is 6.17. The number of carbonyl (C=O) groups is 1. The zero-order valence-corrected chi connectivity index (χ0v) is 12.2. The predicted molar refractivity (Wildman–Crippen MR) is 75.3 cm³/mol. The van der Waals surface area contributed by atoms with Crippen LogP contribution in [0.4, 0.5) is 0 Å². The van der Waals surface area contributed by atoms with E-state index in [0.29, 0.717) is 5.56 Å². The fourth-order valence-corrected chi connectivity index (χ4v) is 2.14. The van der Waals surface area contributed by atoms with Gasteiger partial charge in [0.05, 0.1) is 0 Å². The number of carbonyl (C=O) groups excluding carboxylic acids is 1. The van der Waals surface area contributed by atoms with Gasteiger partial charge in [-0.05, 0) is 25.5 Å². The molecular formula is C13H18Cl2N2O. The van der Waals surface area contributed by atoms with Crippen molar-refractivity contribution in [2.75, 3.05) is 0 Å². The number of rotatable bonds is 6. The fourth-order valence-electron chi connectivity index (χ4n) is 1.68. The van der Waals surface area contributed by atoms with E-state index in [2.05, 4.69) is 17.2 Å². The number of pyridine rings is 1. The summed E-state index contributed by atoms with van der Waals surface area (Å²) in [6.07, 6.45) is 4.46. The van der Waals surface area contributed by atoms with Crippen molar-refractivity contribution in [3.05, 3.63) is 28.0 Å². The highest BCUT2D eigenvalue weighted by Crippen LogP contribution is 2.15. The van der Waals surface area contributed by atoms with Crippen LogP contribution in [-0.2, 0) is 0 Å². The van der Waals surface area contributed by atoms with Gasteiger partial charge in [0.25, 0.3) is 5.91 Å².